The zero-order chi connectivity index (χ0) is 14.7. The van der Waals surface area contributed by atoms with E-state index in [4.69, 9.17) is 4.74 Å². The van der Waals surface area contributed by atoms with Crippen molar-refractivity contribution >= 4 is 0 Å². The Morgan fingerprint density at radius 3 is 2.57 bits per heavy atom. The predicted molar refractivity (Wildman–Crippen MR) is 86.8 cm³/mol. The van der Waals surface area contributed by atoms with E-state index in [1.807, 2.05) is 13.1 Å². The maximum atomic E-state index is 6.13. The minimum atomic E-state index is 0.171. The summed E-state index contributed by atoms with van der Waals surface area (Å²) in [6, 6.07) is 17.5. The summed E-state index contributed by atoms with van der Waals surface area (Å²) in [6.45, 7) is 2.22. The van der Waals surface area contributed by atoms with Crippen molar-refractivity contribution < 1.29 is 4.74 Å². The van der Waals surface area contributed by atoms with E-state index in [2.05, 4.69) is 54.7 Å². The third kappa shape index (κ3) is 2.96. The second-order valence-electron chi connectivity index (χ2n) is 5.73. The van der Waals surface area contributed by atoms with Crippen molar-refractivity contribution in [3.8, 4) is 5.75 Å². The van der Waals surface area contributed by atoms with Gasteiger partial charge in [0.2, 0.25) is 0 Å². The molecule has 3 rings (SSSR count). The van der Waals surface area contributed by atoms with Crippen LogP contribution in [0.2, 0.25) is 0 Å². The van der Waals surface area contributed by atoms with Gasteiger partial charge in [-0.05, 0) is 36.2 Å². The maximum absolute atomic E-state index is 6.13. The molecule has 0 amide bonds. The number of nitrogens with one attached hydrogen (secondary N) is 1. The summed E-state index contributed by atoms with van der Waals surface area (Å²) >= 11 is 0. The molecule has 2 atom stereocenters. The SMILES string of the molecule is CCCc1ccc(C(NC)C2Cc3ccccc3O2)cc1. The molecule has 1 heterocycles. The topological polar surface area (TPSA) is 21.3 Å². The number of ether oxygens (including phenoxy) is 1. The molecular formula is C19H23NO. The standard InChI is InChI=1S/C19H23NO/c1-3-6-14-9-11-15(12-10-14)19(20-2)18-13-16-7-4-5-8-17(16)21-18/h4-5,7-12,18-20H,3,6,13H2,1-2H3. The van der Waals surface area contributed by atoms with E-state index < -0.39 is 0 Å². The lowest BCUT2D eigenvalue weighted by atomic mass is 9.96. The van der Waals surface area contributed by atoms with E-state index in [0.717, 1.165) is 18.6 Å². The fraction of sp³-hybridized carbons (Fsp3) is 0.368. The van der Waals surface area contributed by atoms with Gasteiger partial charge >= 0.3 is 0 Å². The van der Waals surface area contributed by atoms with E-state index in [-0.39, 0.29) is 12.1 Å². The quantitative estimate of drug-likeness (QED) is 0.897. The van der Waals surface area contributed by atoms with Gasteiger partial charge in [0.25, 0.3) is 0 Å². The summed E-state index contributed by atoms with van der Waals surface area (Å²) in [5, 5.41) is 3.42. The number of benzene rings is 2. The van der Waals surface area contributed by atoms with E-state index in [1.165, 1.54) is 23.1 Å². The summed E-state index contributed by atoms with van der Waals surface area (Å²) in [7, 11) is 2.01. The number of hydrogen-bond donors (Lipinski definition) is 1. The highest BCUT2D eigenvalue weighted by Gasteiger charge is 2.30. The van der Waals surface area contributed by atoms with E-state index in [0.29, 0.717) is 0 Å². The van der Waals surface area contributed by atoms with Crippen LogP contribution in [0.1, 0.15) is 36.1 Å². The molecule has 0 aromatic heterocycles. The number of hydrogen-bond acceptors (Lipinski definition) is 2. The van der Waals surface area contributed by atoms with Gasteiger partial charge in [-0.2, -0.15) is 0 Å². The summed E-state index contributed by atoms with van der Waals surface area (Å²) in [5.41, 5.74) is 4.02. The molecule has 1 N–H and O–H groups in total. The first-order chi connectivity index (χ1) is 10.3. The van der Waals surface area contributed by atoms with Gasteiger partial charge in [-0.1, -0.05) is 55.8 Å². The van der Waals surface area contributed by atoms with Crippen LogP contribution in [0.25, 0.3) is 0 Å². The van der Waals surface area contributed by atoms with Crippen LogP contribution in [0.15, 0.2) is 48.5 Å². The number of likely N-dealkylation sites (N-methyl/N-ethyl adjacent to an activating group) is 1. The average Bonchev–Trinajstić information content (AvgIpc) is 2.93. The zero-order valence-corrected chi connectivity index (χ0v) is 12.8. The molecular weight excluding hydrogens is 258 g/mol. The van der Waals surface area contributed by atoms with Crippen molar-refractivity contribution in [1.29, 1.82) is 0 Å². The van der Waals surface area contributed by atoms with Crippen LogP contribution in [0, 0.1) is 0 Å². The highest BCUT2D eigenvalue weighted by molar-refractivity contribution is 5.39. The highest BCUT2D eigenvalue weighted by atomic mass is 16.5. The molecule has 2 aromatic carbocycles. The van der Waals surface area contributed by atoms with E-state index >= 15 is 0 Å². The van der Waals surface area contributed by atoms with Crippen molar-refractivity contribution in [2.75, 3.05) is 7.05 Å². The molecule has 21 heavy (non-hydrogen) atoms. The van der Waals surface area contributed by atoms with Crippen molar-refractivity contribution in [3.63, 3.8) is 0 Å². The van der Waals surface area contributed by atoms with Crippen molar-refractivity contribution in [3.05, 3.63) is 65.2 Å². The Labute approximate surface area is 127 Å². The van der Waals surface area contributed by atoms with E-state index in [9.17, 15) is 0 Å². The normalized spacial score (nSPS) is 18.1. The molecule has 0 saturated carbocycles. The molecule has 1 aliphatic rings. The van der Waals surface area contributed by atoms with Gasteiger partial charge in [0.1, 0.15) is 11.9 Å². The molecule has 0 radical (unpaired) electrons. The van der Waals surface area contributed by atoms with Gasteiger partial charge in [0.15, 0.2) is 0 Å². The Morgan fingerprint density at radius 2 is 1.90 bits per heavy atom. The van der Waals surface area contributed by atoms with Crippen LogP contribution < -0.4 is 10.1 Å². The lowest BCUT2D eigenvalue weighted by Crippen LogP contribution is -2.32. The summed E-state index contributed by atoms with van der Waals surface area (Å²) < 4.78 is 6.13. The van der Waals surface area contributed by atoms with Crippen LogP contribution in [-0.2, 0) is 12.8 Å². The number of aryl methyl sites for hydroxylation is 1. The minimum absolute atomic E-state index is 0.171. The molecule has 2 heteroatoms. The molecule has 2 unspecified atom stereocenters. The average molecular weight is 281 g/mol. The monoisotopic (exact) mass is 281 g/mol. The van der Waals surface area contributed by atoms with Crippen molar-refractivity contribution in [2.24, 2.45) is 0 Å². The Kier molecular flexibility index (Phi) is 4.26. The van der Waals surface area contributed by atoms with Gasteiger partial charge in [0.05, 0.1) is 6.04 Å². The van der Waals surface area contributed by atoms with Crippen LogP contribution in [0.3, 0.4) is 0 Å². The lowest BCUT2D eigenvalue weighted by Gasteiger charge is -2.23. The fourth-order valence-corrected chi connectivity index (χ4v) is 3.14. The van der Waals surface area contributed by atoms with Gasteiger partial charge in [-0.15, -0.1) is 0 Å². The first-order valence-electron chi connectivity index (χ1n) is 7.82. The fourth-order valence-electron chi connectivity index (χ4n) is 3.14. The third-order valence-corrected chi connectivity index (χ3v) is 4.23. The molecule has 2 nitrogen and oxygen atoms in total. The summed E-state index contributed by atoms with van der Waals surface area (Å²) in [4.78, 5) is 0. The smallest absolute Gasteiger partial charge is 0.123 e. The molecule has 2 aromatic rings. The second kappa shape index (κ2) is 6.31. The molecule has 0 fully saturated rings. The van der Waals surface area contributed by atoms with Crippen molar-refractivity contribution in [2.45, 2.75) is 38.3 Å². The van der Waals surface area contributed by atoms with Gasteiger partial charge in [0, 0.05) is 6.42 Å². The number of rotatable bonds is 5. The number of fused-ring (bicyclic) bond motifs is 1. The lowest BCUT2D eigenvalue weighted by molar-refractivity contribution is 0.183. The van der Waals surface area contributed by atoms with E-state index in [1.54, 1.807) is 0 Å². The first-order valence-corrected chi connectivity index (χ1v) is 7.82. The molecule has 110 valence electrons. The van der Waals surface area contributed by atoms with Crippen LogP contribution >= 0.6 is 0 Å². The molecule has 0 bridgehead atoms. The summed E-state index contributed by atoms with van der Waals surface area (Å²) in [5.74, 6) is 1.03. The second-order valence-corrected chi connectivity index (χ2v) is 5.73. The molecule has 0 aliphatic carbocycles. The Balaban J connectivity index is 1.77. The Bertz CT molecular complexity index is 566. The predicted octanol–water partition coefficient (Wildman–Crippen LogP) is 3.90. The van der Waals surface area contributed by atoms with Gasteiger partial charge < -0.3 is 10.1 Å². The van der Waals surface area contributed by atoms with Gasteiger partial charge in [-0.25, -0.2) is 0 Å². The molecule has 0 saturated heterocycles. The minimum Gasteiger partial charge on any atom is -0.488 e. The van der Waals surface area contributed by atoms with Crippen LogP contribution in [0.5, 0.6) is 5.75 Å². The van der Waals surface area contributed by atoms with Gasteiger partial charge in [-0.3, -0.25) is 0 Å². The van der Waals surface area contributed by atoms with Crippen LogP contribution in [-0.4, -0.2) is 13.2 Å². The molecule has 1 aliphatic heterocycles. The van der Waals surface area contributed by atoms with Crippen molar-refractivity contribution in [1.82, 2.24) is 5.32 Å². The Hall–Kier alpha value is -1.80. The highest BCUT2D eigenvalue weighted by Crippen LogP contribution is 2.34. The molecule has 0 spiro atoms. The zero-order valence-electron chi connectivity index (χ0n) is 12.8. The summed E-state index contributed by atoms with van der Waals surface area (Å²) in [6.07, 6.45) is 3.48. The Morgan fingerprint density at radius 1 is 1.14 bits per heavy atom. The third-order valence-electron chi connectivity index (χ3n) is 4.23. The largest absolute Gasteiger partial charge is 0.488 e. The number of para-hydroxylation sites is 1. The van der Waals surface area contributed by atoms with Crippen LogP contribution in [0.4, 0.5) is 0 Å². The maximum Gasteiger partial charge on any atom is 0.123 e. The first kappa shape index (κ1) is 14.2.